The van der Waals surface area contributed by atoms with Crippen LogP contribution in [-0.4, -0.2) is 9.55 Å². The van der Waals surface area contributed by atoms with Crippen LogP contribution in [0.5, 0.6) is 0 Å². The van der Waals surface area contributed by atoms with E-state index in [4.69, 9.17) is 12.2 Å². The number of hydrogen-bond acceptors (Lipinski definition) is 3. The van der Waals surface area contributed by atoms with Crippen LogP contribution in [0.15, 0.2) is 4.79 Å². The molecular formula is C16H22N2OS2. The highest BCUT2D eigenvalue weighted by Gasteiger charge is 2.19. The second kappa shape index (κ2) is 6.05. The van der Waals surface area contributed by atoms with Gasteiger partial charge in [0, 0.05) is 11.4 Å². The van der Waals surface area contributed by atoms with Crippen LogP contribution in [0, 0.1) is 10.7 Å². The van der Waals surface area contributed by atoms with Gasteiger partial charge in [-0.25, -0.2) is 0 Å². The first kappa shape index (κ1) is 15.0. The van der Waals surface area contributed by atoms with E-state index < -0.39 is 0 Å². The van der Waals surface area contributed by atoms with Crippen molar-refractivity contribution in [2.24, 2.45) is 5.92 Å². The Kier molecular flexibility index (Phi) is 4.31. The van der Waals surface area contributed by atoms with E-state index in [0.29, 0.717) is 10.7 Å². The van der Waals surface area contributed by atoms with E-state index in [9.17, 15) is 4.79 Å². The van der Waals surface area contributed by atoms with E-state index in [2.05, 4.69) is 18.8 Å². The van der Waals surface area contributed by atoms with Gasteiger partial charge in [-0.3, -0.25) is 9.36 Å². The largest absolute Gasteiger partial charge is 0.323 e. The molecule has 0 saturated heterocycles. The van der Waals surface area contributed by atoms with Gasteiger partial charge in [0.15, 0.2) is 4.77 Å². The van der Waals surface area contributed by atoms with Crippen molar-refractivity contribution in [2.75, 3.05) is 0 Å². The molecule has 3 nitrogen and oxygen atoms in total. The van der Waals surface area contributed by atoms with Gasteiger partial charge in [-0.15, -0.1) is 11.3 Å². The number of aromatic nitrogens is 2. The van der Waals surface area contributed by atoms with Gasteiger partial charge in [0.25, 0.3) is 5.56 Å². The molecule has 0 radical (unpaired) electrons. The number of rotatable bonds is 4. The Morgan fingerprint density at radius 1 is 1.33 bits per heavy atom. The maximum Gasteiger partial charge on any atom is 0.263 e. The van der Waals surface area contributed by atoms with E-state index in [-0.39, 0.29) is 5.56 Å². The van der Waals surface area contributed by atoms with Crippen molar-refractivity contribution in [1.29, 1.82) is 0 Å². The predicted molar refractivity (Wildman–Crippen MR) is 92.0 cm³/mol. The van der Waals surface area contributed by atoms with Gasteiger partial charge in [-0.05, 0) is 62.2 Å². The molecule has 0 fully saturated rings. The molecule has 0 atom stereocenters. The van der Waals surface area contributed by atoms with Crippen molar-refractivity contribution in [1.82, 2.24) is 9.55 Å². The second-order valence-corrected chi connectivity index (χ2v) is 7.83. The molecule has 1 aliphatic rings. The molecule has 1 aliphatic carbocycles. The predicted octanol–water partition coefficient (Wildman–Crippen LogP) is 4.44. The first-order valence-electron chi connectivity index (χ1n) is 7.85. The lowest BCUT2D eigenvalue weighted by atomic mass is 9.97. The molecule has 114 valence electrons. The summed E-state index contributed by atoms with van der Waals surface area (Å²) >= 11 is 7.13. The van der Waals surface area contributed by atoms with E-state index >= 15 is 0 Å². The standard InChI is InChI=1S/C16H22N2OS2/c1-10(2)6-5-9-18-15(19)13-11-7-3-4-8-12(11)21-14(13)17-16(18)20/h10H,3-9H2,1-2H3,(H,17,20). The third-order valence-electron chi connectivity index (χ3n) is 4.26. The smallest absolute Gasteiger partial charge is 0.263 e. The van der Waals surface area contributed by atoms with Gasteiger partial charge in [0.1, 0.15) is 4.83 Å². The van der Waals surface area contributed by atoms with Crippen LogP contribution < -0.4 is 5.56 Å². The summed E-state index contributed by atoms with van der Waals surface area (Å²) in [5, 5.41) is 0.910. The van der Waals surface area contributed by atoms with Crippen LogP contribution >= 0.6 is 23.6 Å². The van der Waals surface area contributed by atoms with E-state index in [0.717, 1.165) is 42.4 Å². The SMILES string of the molecule is CC(C)CCCn1c(=S)[nH]c2sc3c(c2c1=O)CCCC3. The maximum atomic E-state index is 12.8. The van der Waals surface area contributed by atoms with Crippen LogP contribution in [0.1, 0.15) is 50.0 Å². The highest BCUT2D eigenvalue weighted by atomic mass is 32.1. The van der Waals surface area contributed by atoms with Gasteiger partial charge in [0.2, 0.25) is 0 Å². The zero-order valence-electron chi connectivity index (χ0n) is 12.7. The zero-order valence-corrected chi connectivity index (χ0v) is 14.3. The van der Waals surface area contributed by atoms with E-state index in [1.807, 2.05) is 0 Å². The minimum Gasteiger partial charge on any atom is -0.323 e. The maximum absolute atomic E-state index is 12.8. The topological polar surface area (TPSA) is 37.8 Å². The highest BCUT2D eigenvalue weighted by molar-refractivity contribution is 7.71. The average Bonchev–Trinajstić information content (AvgIpc) is 2.80. The molecule has 0 aliphatic heterocycles. The lowest BCUT2D eigenvalue weighted by Crippen LogP contribution is -2.23. The van der Waals surface area contributed by atoms with Gasteiger partial charge in [-0.2, -0.15) is 0 Å². The lowest BCUT2D eigenvalue weighted by Gasteiger charge is -2.11. The molecular weight excluding hydrogens is 300 g/mol. The Morgan fingerprint density at radius 3 is 2.86 bits per heavy atom. The Morgan fingerprint density at radius 2 is 2.10 bits per heavy atom. The molecule has 0 amide bonds. The fraction of sp³-hybridized carbons (Fsp3) is 0.625. The summed E-state index contributed by atoms with van der Waals surface area (Å²) in [5.41, 5.74) is 1.41. The molecule has 0 unspecified atom stereocenters. The molecule has 5 heteroatoms. The molecule has 3 rings (SSSR count). The molecule has 2 aromatic heterocycles. The Labute approximate surface area is 134 Å². The summed E-state index contributed by atoms with van der Waals surface area (Å²) in [7, 11) is 0. The lowest BCUT2D eigenvalue weighted by molar-refractivity contribution is 0.502. The Hall–Kier alpha value is -0.940. The third-order valence-corrected chi connectivity index (χ3v) is 5.79. The normalized spacial score (nSPS) is 14.8. The van der Waals surface area contributed by atoms with E-state index in [1.165, 1.54) is 23.3 Å². The van der Waals surface area contributed by atoms with Gasteiger partial charge < -0.3 is 4.98 Å². The number of nitrogens with one attached hydrogen (secondary N) is 1. The number of nitrogens with zero attached hydrogens (tertiary/aromatic N) is 1. The third kappa shape index (κ3) is 2.86. The van der Waals surface area contributed by atoms with Gasteiger partial charge in [-0.1, -0.05) is 13.8 Å². The molecule has 0 bridgehead atoms. The van der Waals surface area contributed by atoms with Crippen molar-refractivity contribution in [2.45, 2.75) is 58.9 Å². The fourth-order valence-electron chi connectivity index (χ4n) is 3.13. The molecule has 2 aromatic rings. The second-order valence-electron chi connectivity index (χ2n) is 6.34. The van der Waals surface area contributed by atoms with Crippen molar-refractivity contribution < 1.29 is 0 Å². The van der Waals surface area contributed by atoms with Gasteiger partial charge in [0.05, 0.1) is 5.39 Å². The van der Waals surface area contributed by atoms with Crippen molar-refractivity contribution in [3.05, 3.63) is 25.6 Å². The molecule has 0 aromatic carbocycles. The first-order chi connectivity index (χ1) is 10.1. The van der Waals surface area contributed by atoms with Crippen LogP contribution in [0.25, 0.3) is 10.2 Å². The summed E-state index contributed by atoms with van der Waals surface area (Å²) in [4.78, 5) is 18.5. The Bertz CT molecular complexity index is 767. The number of aryl methyl sites for hydroxylation is 2. The minimum atomic E-state index is 0.122. The number of aromatic amines is 1. The molecule has 0 saturated carbocycles. The number of H-pyrrole nitrogens is 1. The average molecular weight is 322 g/mol. The van der Waals surface area contributed by atoms with Crippen LogP contribution in [0.4, 0.5) is 0 Å². The van der Waals surface area contributed by atoms with Gasteiger partial charge >= 0.3 is 0 Å². The number of hydrogen-bond donors (Lipinski definition) is 1. The fourth-order valence-corrected chi connectivity index (χ4v) is 4.75. The molecule has 21 heavy (non-hydrogen) atoms. The molecule has 0 spiro atoms. The summed E-state index contributed by atoms with van der Waals surface area (Å²) in [5.74, 6) is 0.663. The van der Waals surface area contributed by atoms with Crippen molar-refractivity contribution in [3.63, 3.8) is 0 Å². The first-order valence-corrected chi connectivity index (χ1v) is 9.07. The van der Waals surface area contributed by atoms with Crippen molar-refractivity contribution in [3.8, 4) is 0 Å². The minimum absolute atomic E-state index is 0.122. The Balaban J connectivity index is 2.05. The van der Waals surface area contributed by atoms with E-state index in [1.54, 1.807) is 15.9 Å². The molecule has 1 N–H and O–H groups in total. The summed E-state index contributed by atoms with van der Waals surface area (Å²) in [6.45, 7) is 5.15. The summed E-state index contributed by atoms with van der Waals surface area (Å²) < 4.78 is 2.34. The van der Waals surface area contributed by atoms with Crippen LogP contribution in [0.2, 0.25) is 0 Å². The van der Waals surface area contributed by atoms with Crippen LogP contribution in [0.3, 0.4) is 0 Å². The highest BCUT2D eigenvalue weighted by Crippen LogP contribution is 2.33. The number of thiophene rings is 1. The summed E-state index contributed by atoms with van der Waals surface area (Å²) in [6.07, 6.45) is 6.72. The molecule has 2 heterocycles. The summed E-state index contributed by atoms with van der Waals surface area (Å²) in [6, 6.07) is 0. The monoisotopic (exact) mass is 322 g/mol. The van der Waals surface area contributed by atoms with Crippen LogP contribution in [-0.2, 0) is 19.4 Å². The number of fused-ring (bicyclic) bond motifs is 3. The zero-order chi connectivity index (χ0) is 15.0. The quantitative estimate of drug-likeness (QED) is 0.845. The van der Waals surface area contributed by atoms with Crippen molar-refractivity contribution >= 4 is 33.8 Å².